The van der Waals surface area contributed by atoms with Crippen LogP contribution < -0.4 is 5.32 Å². The van der Waals surface area contributed by atoms with Crippen LogP contribution in [0.2, 0.25) is 0 Å². The normalized spacial score (nSPS) is 23.3. The summed E-state index contributed by atoms with van der Waals surface area (Å²) < 4.78 is 35.8. The Labute approximate surface area is 91.4 Å². The van der Waals surface area contributed by atoms with Gasteiger partial charge in [0.2, 0.25) is 0 Å². The lowest BCUT2D eigenvalue weighted by atomic mass is 10.1. The molecule has 0 aliphatic carbocycles. The topological polar surface area (TPSA) is 52.6 Å². The van der Waals surface area contributed by atoms with Crippen molar-refractivity contribution in [1.29, 1.82) is 0 Å². The number of aliphatic carboxylic acids is 1. The van der Waals surface area contributed by atoms with E-state index in [1.807, 2.05) is 0 Å². The van der Waals surface area contributed by atoms with Crippen molar-refractivity contribution >= 4 is 5.97 Å². The van der Waals surface area contributed by atoms with Crippen LogP contribution in [0.3, 0.4) is 0 Å². The molecule has 7 heteroatoms. The largest absolute Gasteiger partial charge is 0.480 e. The molecule has 94 valence electrons. The maximum absolute atomic E-state index is 11.9. The Morgan fingerprint density at radius 3 is 2.75 bits per heavy atom. The fraction of sp³-hybridized carbons (Fsp3) is 0.889. The number of halogens is 3. The van der Waals surface area contributed by atoms with E-state index in [0.717, 1.165) is 6.42 Å². The summed E-state index contributed by atoms with van der Waals surface area (Å²) in [6, 6.07) is -0.269. The SMILES string of the molecule is O=C(O)CN1CCCC(NCC(F)(F)F)C1. The number of nitrogens with zero attached hydrogens (tertiary/aromatic N) is 1. The Balaban J connectivity index is 2.30. The van der Waals surface area contributed by atoms with Gasteiger partial charge in [-0.25, -0.2) is 0 Å². The number of piperidine rings is 1. The minimum absolute atomic E-state index is 0.107. The molecular weight excluding hydrogens is 225 g/mol. The van der Waals surface area contributed by atoms with Gasteiger partial charge >= 0.3 is 12.1 Å². The third kappa shape index (κ3) is 5.32. The summed E-state index contributed by atoms with van der Waals surface area (Å²) in [5, 5.41) is 11.0. The molecule has 1 unspecified atom stereocenters. The van der Waals surface area contributed by atoms with E-state index in [-0.39, 0.29) is 12.6 Å². The zero-order chi connectivity index (χ0) is 12.2. The maximum Gasteiger partial charge on any atom is 0.401 e. The van der Waals surface area contributed by atoms with E-state index in [2.05, 4.69) is 5.32 Å². The van der Waals surface area contributed by atoms with Gasteiger partial charge in [0.1, 0.15) is 0 Å². The number of carboxylic acids is 1. The average Bonchev–Trinajstić information content (AvgIpc) is 2.13. The molecule has 0 amide bonds. The van der Waals surface area contributed by atoms with E-state index >= 15 is 0 Å². The molecule has 1 aliphatic heterocycles. The van der Waals surface area contributed by atoms with Gasteiger partial charge in [-0.15, -0.1) is 0 Å². The van der Waals surface area contributed by atoms with Crippen LogP contribution in [0.1, 0.15) is 12.8 Å². The molecule has 1 saturated heterocycles. The summed E-state index contributed by atoms with van der Waals surface area (Å²) in [6.45, 7) is -0.123. The van der Waals surface area contributed by atoms with Crippen LogP contribution in [-0.4, -0.2) is 54.4 Å². The predicted octanol–water partition coefficient (Wildman–Crippen LogP) is 0.687. The number of carbonyl (C=O) groups is 1. The molecule has 0 bridgehead atoms. The van der Waals surface area contributed by atoms with Crippen molar-refractivity contribution in [2.24, 2.45) is 0 Å². The quantitative estimate of drug-likeness (QED) is 0.759. The Morgan fingerprint density at radius 2 is 2.19 bits per heavy atom. The van der Waals surface area contributed by atoms with Crippen LogP contribution in [0.25, 0.3) is 0 Å². The van der Waals surface area contributed by atoms with Gasteiger partial charge in [-0.3, -0.25) is 9.69 Å². The van der Waals surface area contributed by atoms with Gasteiger partial charge in [0.25, 0.3) is 0 Å². The average molecular weight is 240 g/mol. The number of hydrogen-bond donors (Lipinski definition) is 2. The van der Waals surface area contributed by atoms with E-state index in [9.17, 15) is 18.0 Å². The van der Waals surface area contributed by atoms with Gasteiger partial charge < -0.3 is 10.4 Å². The molecule has 1 atom stereocenters. The first-order chi connectivity index (χ1) is 7.37. The highest BCUT2D eigenvalue weighted by Crippen LogP contribution is 2.15. The molecule has 0 saturated carbocycles. The molecule has 0 aromatic rings. The smallest absolute Gasteiger partial charge is 0.401 e. The Bertz CT molecular complexity index is 245. The summed E-state index contributed by atoms with van der Waals surface area (Å²) in [4.78, 5) is 12.1. The van der Waals surface area contributed by atoms with Gasteiger partial charge in [-0.05, 0) is 19.4 Å². The lowest BCUT2D eigenvalue weighted by Gasteiger charge is -2.32. The van der Waals surface area contributed by atoms with Gasteiger partial charge in [-0.2, -0.15) is 13.2 Å². The number of nitrogens with one attached hydrogen (secondary N) is 1. The summed E-state index contributed by atoms with van der Waals surface area (Å²) in [7, 11) is 0. The van der Waals surface area contributed by atoms with Crippen molar-refractivity contribution in [1.82, 2.24) is 10.2 Å². The highest BCUT2D eigenvalue weighted by Gasteiger charge is 2.29. The van der Waals surface area contributed by atoms with Gasteiger partial charge in [-0.1, -0.05) is 0 Å². The number of alkyl halides is 3. The van der Waals surface area contributed by atoms with Crippen molar-refractivity contribution in [2.45, 2.75) is 25.1 Å². The first-order valence-electron chi connectivity index (χ1n) is 5.11. The molecule has 16 heavy (non-hydrogen) atoms. The van der Waals surface area contributed by atoms with Gasteiger partial charge in [0.15, 0.2) is 0 Å². The lowest BCUT2D eigenvalue weighted by molar-refractivity contribution is -0.139. The zero-order valence-electron chi connectivity index (χ0n) is 8.76. The van der Waals surface area contributed by atoms with Crippen molar-refractivity contribution in [2.75, 3.05) is 26.2 Å². The highest BCUT2D eigenvalue weighted by molar-refractivity contribution is 5.69. The molecule has 0 aromatic carbocycles. The second-order valence-corrected chi connectivity index (χ2v) is 3.96. The van der Waals surface area contributed by atoms with E-state index in [1.165, 1.54) is 0 Å². The summed E-state index contributed by atoms with van der Waals surface area (Å²) in [6.07, 6.45) is -2.83. The van der Waals surface area contributed by atoms with Gasteiger partial charge in [0, 0.05) is 12.6 Å². The molecule has 4 nitrogen and oxygen atoms in total. The Morgan fingerprint density at radius 1 is 1.50 bits per heavy atom. The summed E-state index contributed by atoms with van der Waals surface area (Å²) >= 11 is 0. The standard InChI is InChI=1S/C9H15F3N2O2/c10-9(11,12)6-13-7-2-1-3-14(4-7)5-8(15)16/h7,13H,1-6H2,(H,15,16). The lowest BCUT2D eigenvalue weighted by Crippen LogP contribution is -2.49. The first kappa shape index (κ1) is 13.2. The Kier molecular flexibility index (Phi) is 4.55. The molecule has 0 aromatic heterocycles. The number of rotatable bonds is 4. The molecule has 1 rings (SSSR count). The van der Waals surface area contributed by atoms with E-state index < -0.39 is 18.7 Å². The van der Waals surface area contributed by atoms with E-state index in [4.69, 9.17) is 5.11 Å². The molecule has 0 spiro atoms. The fourth-order valence-electron chi connectivity index (χ4n) is 1.82. The van der Waals surface area contributed by atoms with Crippen molar-refractivity contribution in [3.8, 4) is 0 Å². The second-order valence-electron chi connectivity index (χ2n) is 3.96. The van der Waals surface area contributed by atoms with Crippen molar-refractivity contribution in [3.63, 3.8) is 0 Å². The van der Waals surface area contributed by atoms with Gasteiger partial charge in [0.05, 0.1) is 13.1 Å². The van der Waals surface area contributed by atoms with E-state index in [0.29, 0.717) is 19.5 Å². The predicted molar refractivity (Wildman–Crippen MR) is 51.2 cm³/mol. The molecule has 1 aliphatic rings. The summed E-state index contributed by atoms with van der Waals surface area (Å²) in [5.41, 5.74) is 0. The minimum atomic E-state index is -4.21. The molecule has 1 fully saturated rings. The summed E-state index contributed by atoms with van der Waals surface area (Å²) in [5.74, 6) is -0.948. The van der Waals surface area contributed by atoms with Crippen LogP contribution in [0.5, 0.6) is 0 Å². The zero-order valence-corrected chi connectivity index (χ0v) is 8.76. The molecule has 0 radical (unpaired) electrons. The van der Waals surface area contributed by atoms with Crippen LogP contribution >= 0.6 is 0 Å². The molecule has 2 N–H and O–H groups in total. The maximum atomic E-state index is 11.9. The monoisotopic (exact) mass is 240 g/mol. The Hall–Kier alpha value is -0.820. The number of carboxylic acid groups (broad SMARTS) is 1. The first-order valence-corrected chi connectivity index (χ1v) is 5.11. The third-order valence-electron chi connectivity index (χ3n) is 2.46. The number of likely N-dealkylation sites (tertiary alicyclic amines) is 1. The number of hydrogen-bond acceptors (Lipinski definition) is 3. The van der Waals surface area contributed by atoms with E-state index in [1.54, 1.807) is 4.90 Å². The third-order valence-corrected chi connectivity index (χ3v) is 2.46. The fourth-order valence-corrected chi connectivity index (χ4v) is 1.82. The van der Waals surface area contributed by atoms with Crippen molar-refractivity contribution < 1.29 is 23.1 Å². The van der Waals surface area contributed by atoms with Crippen LogP contribution in [0.4, 0.5) is 13.2 Å². The van der Waals surface area contributed by atoms with Crippen LogP contribution in [0.15, 0.2) is 0 Å². The van der Waals surface area contributed by atoms with Crippen LogP contribution in [-0.2, 0) is 4.79 Å². The minimum Gasteiger partial charge on any atom is -0.480 e. The van der Waals surface area contributed by atoms with Crippen LogP contribution in [0, 0.1) is 0 Å². The molecule has 1 heterocycles. The molecular formula is C9H15F3N2O2. The van der Waals surface area contributed by atoms with Crippen molar-refractivity contribution in [3.05, 3.63) is 0 Å². The highest BCUT2D eigenvalue weighted by atomic mass is 19.4. The second kappa shape index (κ2) is 5.49.